The fourth-order valence-electron chi connectivity index (χ4n) is 2.79. The van der Waals surface area contributed by atoms with E-state index in [2.05, 4.69) is 15.0 Å². The summed E-state index contributed by atoms with van der Waals surface area (Å²) in [4.78, 5) is 7.66. The number of rotatable bonds is 4. The van der Waals surface area contributed by atoms with Crippen LogP contribution in [0, 0.1) is 5.21 Å². The largest absolute Gasteiger partial charge is 0.594 e. The zero-order valence-electron chi connectivity index (χ0n) is 12.1. The monoisotopic (exact) mass is 308 g/mol. The number of fused-ring (bicyclic) bond motifs is 1. The van der Waals surface area contributed by atoms with Gasteiger partial charge in [0.1, 0.15) is 5.52 Å². The summed E-state index contributed by atoms with van der Waals surface area (Å²) >= 11 is 0. The minimum atomic E-state index is 0. The minimum Gasteiger partial charge on any atom is -0.594 e. The van der Waals surface area contributed by atoms with Gasteiger partial charge in [0.15, 0.2) is 5.82 Å². The number of hydrogen-bond donors (Lipinski definition) is 0. The van der Waals surface area contributed by atoms with E-state index in [1.165, 1.54) is 32.4 Å². The molecule has 0 bridgehead atoms. The maximum atomic E-state index is 11.8. The second-order valence-electron chi connectivity index (χ2n) is 5.40. The lowest BCUT2D eigenvalue weighted by Gasteiger charge is -2.26. The van der Waals surface area contributed by atoms with Crippen molar-refractivity contribution in [3.05, 3.63) is 35.3 Å². The molecule has 0 radical (unpaired) electrons. The Kier molecular flexibility index (Phi) is 5.70. The van der Waals surface area contributed by atoms with E-state index in [4.69, 9.17) is 0 Å². The van der Waals surface area contributed by atoms with Gasteiger partial charge in [0.25, 0.3) is 5.52 Å². The SMILES string of the molecule is Cl.[O-][n+]1nc(CCCN2CCCCC2)nc2ccccc21. The number of aryl methyl sites for hydroxylation is 1. The highest BCUT2D eigenvalue weighted by atomic mass is 35.5. The van der Waals surface area contributed by atoms with Crippen molar-refractivity contribution in [3.8, 4) is 0 Å². The summed E-state index contributed by atoms with van der Waals surface area (Å²) in [6.45, 7) is 3.50. The third-order valence-electron chi connectivity index (χ3n) is 3.87. The summed E-state index contributed by atoms with van der Waals surface area (Å²) in [5.41, 5.74) is 1.26. The van der Waals surface area contributed by atoms with E-state index < -0.39 is 0 Å². The lowest BCUT2D eigenvalue weighted by Crippen LogP contribution is -2.34. The second kappa shape index (κ2) is 7.52. The number of piperidine rings is 1. The van der Waals surface area contributed by atoms with Gasteiger partial charge in [0, 0.05) is 17.6 Å². The summed E-state index contributed by atoms with van der Waals surface area (Å²) < 4.78 is 0. The molecule has 0 aliphatic carbocycles. The highest BCUT2D eigenvalue weighted by Crippen LogP contribution is 2.10. The molecule has 0 atom stereocenters. The topological polar surface area (TPSA) is 56.0 Å². The maximum Gasteiger partial charge on any atom is 0.270 e. The molecule has 1 aliphatic heterocycles. The van der Waals surface area contributed by atoms with Gasteiger partial charge in [0.05, 0.1) is 0 Å². The molecule has 2 aromatic rings. The third kappa shape index (κ3) is 4.02. The number of aromatic nitrogens is 3. The fraction of sp³-hybridized carbons (Fsp3) is 0.533. The van der Waals surface area contributed by atoms with Gasteiger partial charge in [-0.05, 0) is 49.8 Å². The van der Waals surface area contributed by atoms with Crippen LogP contribution < -0.4 is 4.85 Å². The Morgan fingerprint density at radius 3 is 2.71 bits per heavy atom. The second-order valence-corrected chi connectivity index (χ2v) is 5.40. The fourth-order valence-corrected chi connectivity index (χ4v) is 2.79. The van der Waals surface area contributed by atoms with Crippen LogP contribution in [0.3, 0.4) is 0 Å². The molecule has 0 saturated carbocycles. The maximum absolute atomic E-state index is 11.8. The van der Waals surface area contributed by atoms with Crippen molar-refractivity contribution >= 4 is 23.4 Å². The Hall–Kier alpha value is -1.46. The quantitative estimate of drug-likeness (QED) is 0.641. The number of hydrogen-bond acceptors (Lipinski definition) is 4. The molecule has 114 valence electrons. The molecule has 21 heavy (non-hydrogen) atoms. The van der Waals surface area contributed by atoms with Gasteiger partial charge in [0.2, 0.25) is 0 Å². The molecule has 0 spiro atoms. The number of benzene rings is 1. The lowest BCUT2D eigenvalue weighted by molar-refractivity contribution is -0.644. The standard InChI is InChI=1S/C15H20N4O.ClH/c20-19-14-8-3-2-7-13(14)16-15(17-19)9-6-12-18-10-4-1-5-11-18;/h2-3,7-8H,1,4-6,9-12H2;1H. The molecule has 1 aliphatic rings. The van der Waals surface area contributed by atoms with E-state index in [0.717, 1.165) is 24.9 Å². The molecular formula is C15H21ClN4O. The van der Waals surface area contributed by atoms with Gasteiger partial charge < -0.3 is 10.1 Å². The summed E-state index contributed by atoms with van der Waals surface area (Å²) in [5.74, 6) is 0.649. The number of nitrogens with zero attached hydrogens (tertiary/aromatic N) is 4. The van der Waals surface area contributed by atoms with E-state index in [1.807, 2.05) is 18.2 Å². The minimum absolute atomic E-state index is 0. The molecule has 1 saturated heterocycles. The Morgan fingerprint density at radius 2 is 1.90 bits per heavy atom. The highest BCUT2D eigenvalue weighted by Gasteiger charge is 2.12. The number of halogens is 1. The summed E-state index contributed by atoms with van der Waals surface area (Å²) in [5, 5.41) is 15.8. The van der Waals surface area contributed by atoms with Gasteiger partial charge in [-0.15, -0.1) is 12.4 Å². The molecule has 1 fully saturated rings. The molecule has 3 rings (SSSR count). The van der Waals surface area contributed by atoms with Crippen molar-refractivity contribution in [2.24, 2.45) is 0 Å². The van der Waals surface area contributed by atoms with Crippen LogP contribution in [0.15, 0.2) is 24.3 Å². The summed E-state index contributed by atoms with van der Waals surface area (Å²) in [7, 11) is 0. The number of para-hydroxylation sites is 2. The average molecular weight is 309 g/mol. The van der Waals surface area contributed by atoms with Crippen molar-refractivity contribution in [3.63, 3.8) is 0 Å². The Bertz CT molecular complexity index is 587. The molecule has 1 aromatic heterocycles. The number of likely N-dealkylation sites (tertiary alicyclic amines) is 1. The Balaban J connectivity index is 0.00000161. The first kappa shape index (κ1) is 15.9. The van der Waals surface area contributed by atoms with Gasteiger partial charge in [-0.3, -0.25) is 0 Å². The van der Waals surface area contributed by atoms with Crippen LogP contribution >= 0.6 is 12.4 Å². The van der Waals surface area contributed by atoms with Crippen molar-refractivity contribution in [2.45, 2.75) is 32.1 Å². The van der Waals surface area contributed by atoms with Crippen LogP contribution in [0.5, 0.6) is 0 Å². The van der Waals surface area contributed by atoms with Crippen LogP contribution in [0.1, 0.15) is 31.5 Å². The first-order valence-corrected chi connectivity index (χ1v) is 7.41. The average Bonchev–Trinajstić information content (AvgIpc) is 2.48. The van der Waals surface area contributed by atoms with E-state index in [-0.39, 0.29) is 12.4 Å². The molecule has 0 unspecified atom stereocenters. The molecule has 0 amide bonds. The molecule has 5 nitrogen and oxygen atoms in total. The Morgan fingerprint density at radius 1 is 1.14 bits per heavy atom. The van der Waals surface area contributed by atoms with Crippen molar-refractivity contribution < 1.29 is 4.85 Å². The first-order valence-electron chi connectivity index (χ1n) is 7.41. The van der Waals surface area contributed by atoms with Gasteiger partial charge in [-0.1, -0.05) is 18.6 Å². The highest BCUT2D eigenvalue weighted by molar-refractivity contribution is 5.85. The lowest BCUT2D eigenvalue weighted by atomic mass is 10.1. The Labute approximate surface area is 131 Å². The van der Waals surface area contributed by atoms with Crippen LogP contribution in [0.25, 0.3) is 11.0 Å². The summed E-state index contributed by atoms with van der Waals surface area (Å²) in [6, 6.07) is 7.34. The molecular weight excluding hydrogens is 288 g/mol. The predicted octanol–water partition coefficient (Wildman–Crippen LogP) is 2.10. The zero-order valence-corrected chi connectivity index (χ0v) is 12.9. The third-order valence-corrected chi connectivity index (χ3v) is 3.87. The van der Waals surface area contributed by atoms with Crippen LogP contribution in [0.4, 0.5) is 0 Å². The van der Waals surface area contributed by atoms with E-state index >= 15 is 0 Å². The summed E-state index contributed by atoms with van der Waals surface area (Å²) in [6.07, 6.45) is 5.77. The molecule has 0 N–H and O–H groups in total. The molecule has 1 aromatic carbocycles. The normalized spacial score (nSPS) is 15.8. The predicted molar refractivity (Wildman–Crippen MR) is 84.4 cm³/mol. The van der Waals surface area contributed by atoms with Gasteiger partial charge in [-0.2, -0.15) is 0 Å². The smallest absolute Gasteiger partial charge is 0.270 e. The van der Waals surface area contributed by atoms with Crippen LogP contribution in [-0.4, -0.2) is 34.6 Å². The van der Waals surface area contributed by atoms with Crippen LogP contribution in [-0.2, 0) is 6.42 Å². The van der Waals surface area contributed by atoms with Crippen molar-refractivity contribution in [2.75, 3.05) is 19.6 Å². The van der Waals surface area contributed by atoms with E-state index in [9.17, 15) is 5.21 Å². The van der Waals surface area contributed by atoms with Crippen molar-refractivity contribution in [1.82, 2.24) is 15.0 Å². The van der Waals surface area contributed by atoms with E-state index in [0.29, 0.717) is 16.2 Å². The van der Waals surface area contributed by atoms with Crippen molar-refractivity contribution in [1.29, 1.82) is 0 Å². The molecule has 6 heteroatoms. The van der Waals surface area contributed by atoms with E-state index in [1.54, 1.807) is 6.07 Å². The van der Waals surface area contributed by atoms with Gasteiger partial charge in [-0.25, -0.2) is 4.98 Å². The first-order chi connectivity index (χ1) is 9.83. The van der Waals surface area contributed by atoms with Gasteiger partial charge >= 0.3 is 0 Å². The zero-order chi connectivity index (χ0) is 13.8. The van der Waals surface area contributed by atoms with Crippen LogP contribution in [0.2, 0.25) is 0 Å². The molecule has 2 heterocycles.